The fourth-order valence-corrected chi connectivity index (χ4v) is 1.87. The van der Waals surface area contributed by atoms with E-state index in [0.717, 1.165) is 0 Å². The number of nitrogens with zero attached hydrogens (tertiary/aromatic N) is 1. The number of aliphatic carboxylic acids is 1. The van der Waals surface area contributed by atoms with Crippen LogP contribution in [0.25, 0.3) is 0 Å². The zero-order valence-electron chi connectivity index (χ0n) is 12.2. The normalized spacial score (nSPS) is 14.0. The van der Waals surface area contributed by atoms with Gasteiger partial charge in [0.2, 0.25) is 0 Å². The lowest BCUT2D eigenvalue weighted by Crippen LogP contribution is -2.46. The van der Waals surface area contributed by atoms with E-state index in [1.54, 1.807) is 7.05 Å². The van der Waals surface area contributed by atoms with E-state index in [9.17, 15) is 9.59 Å². The molecule has 0 rings (SSSR count). The average molecular weight is 274 g/mol. The second-order valence-corrected chi connectivity index (χ2v) is 5.21. The van der Waals surface area contributed by atoms with Crippen LogP contribution < -0.4 is 5.32 Å². The molecule has 0 fully saturated rings. The first-order valence-corrected chi connectivity index (χ1v) is 6.67. The van der Waals surface area contributed by atoms with Crippen molar-refractivity contribution in [3.63, 3.8) is 0 Å². The number of hydrogen-bond donors (Lipinski definition) is 3. The van der Waals surface area contributed by atoms with Crippen molar-refractivity contribution in [2.75, 3.05) is 20.2 Å². The van der Waals surface area contributed by atoms with Gasteiger partial charge < -0.3 is 20.4 Å². The number of aliphatic hydroxyl groups excluding tert-OH is 1. The van der Waals surface area contributed by atoms with E-state index >= 15 is 0 Å². The van der Waals surface area contributed by atoms with Crippen LogP contribution in [0.1, 0.15) is 33.6 Å². The number of likely N-dealkylation sites (N-methyl/N-ethyl adjacent to an activating group) is 1. The molecule has 0 aliphatic heterocycles. The summed E-state index contributed by atoms with van der Waals surface area (Å²) < 4.78 is 0. The molecule has 2 unspecified atom stereocenters. The lowest BCUT2D eigenvalue weighted by atomic mass is 9.97. The number of urea groups is 1. The molecule has 0 bridgehead atoms. The Bertz CT molecular complexity index is 290. The highest BCUT2D eigenvalue weighted by molar-refractivity contribution is 5.76. The number of carboxylic acids is 1. The first-order chi connectivity index (χ1) is 8.83. The third-order valence-corrected chi connectivity index (χ3v) is 3.15. The minimum absolute atomic E-state index is 0.102. The fourth-order valence-electron chi connectivity index (χ4n) is 1.87. The van der Waals surface area contributed by atoms with Gasteiger partial charge in [-0.1, -0.05) is 20.8 Å². The van der Waals surface area contributed by atoms with E-state index in [-0.39, 0.29) is 31.1 Å². The molecule has 0 aliphatic rings. The molecule has 0 heterocycles. The Morgan fingerprint density at radius 1 is 1.32 bits per heavy atom. The SMILES string of the molecule is CCC(CO)N(C)C(=O)NCC(CC(C)C)C(=O)O. The molecule has 19 heavy (non-hydrogen) atoms. The van der Waals surface area contributed by atoms with Gasteiger partial charge in [0, 0.05) is 13.6 Å². The molecule has 0 aromatic heterocycles. The van der Waals surface area contributed by atoms with Crippen molar-refractivity contribution in [3.05, 3.63) is 0 Å². The van der Waals surface area contributed by atoms with Gasteiger partial charge in [-0.25, -0.2) is 4.79 Å². The summed E-state index contributed by atoms with van der Waals surface area (Å²) in [4.78, 5) is 24.3. The predicted molar refractivity (Wildman–Crippen MR) is 72.9 cm³/mol. The van der Waals surface area contributed by atoms with Crippen LogP contribution in [0.2, 0.25) is 0 Å². The first kappa shape index (κ1) is 17.7. The molecule has 0 spiro atoms. The van der Waals surface area contributed by atoms with Crippen LogP contribution in [0.4, 0.5) is 4.79 Å². The van der Waals surface area contributed by atoms with Crippen molar-refractivity contribution in [3.8, 4) is 0 Å². The van der Waals surface area contributed by atoms with Gasteiger partial charge in [0.1, 0.15) is 0 Å². The summed E-state index contributed by atoms with van der Waals surface area (Å²) in [6.07, 6.45) is 1.17. The molecule has 6 nitrogen and oxygen atoms in total. The Morgan fingerprint density at radius 2 is 1.89 bits per heavy atom. The summed E-state index contributed by atoms with van der Waals surface area (Å²) in [5, 5.41) is 20.8. The Hall–Kier alpha value is -1.30. The molecule has 112 valence electrons. The van der Waals surface area contributed by atoms with Crippen LogP contribution in [-0.4, -0.2) is 53.4 Å². The zero-order valence-corrected chi connectivity index (χ0v) is 12.2. The zero-order chi connectivity index (χ0) is 15.0. The Kier molecular flexibility index (Phi) is 8.14. The molecule has 0 aliphatic carbocycles. The first-order valence-electron chi connectivity index (χ1n) is 6.67. The largest absolute Gasteiger partial charge is 0.481 e. The molecule has 0 radical (unpaired) electrons. The summed E-state index contributed by atoms with van der Waals surface area (Å²) in [5.41, 5.74) is 0. The van der Waals surface area contributed by atoms with Crippen molar-refractivity contribution in [1.82, 2.24) is 10.2 Å². The topological polar surface area (TPSA) is 89.9 Å². The van der Waals surface area contributed by atoms with Crippen LogP contribution in [0, 0.1) is 11.8 Å². The quantitative estimate of drug-likeness (QED) is 0.619. The monoisotopic (exact) mass is 274 g/mol. The smallest absolute Gasteiger partial charge is 0.317 e. The van der Waals surface area contributed by atoms with Crippen LogP contribution in [-0.2, 0) is 4.79 Å². The molecular formula is C13H26N2O4. The summed E-state index contributed by atoms with van der Waals surface area (Å²) in [7, 11) is 1.60. The van der Waals surface area contributed by atoms with Gasteiger partial charge in [-0.3, -0.25) is 4.79 Å². The van der Waals surface area contributed by atoms with Gasteiger partial charge in [0.15, 0.2) is 0 Å². The number of rotatable bonds is 8. The standard InChI is InChI=1S/C13H26N2O4/c1-5-11(8-16)15(4)13(19)14-7-10(12(17)18)6-9(2)3/h9-11,16H,5-8H2,1-4H3,(H,14,19)(H,17,18). The average Bonchev–Trinajstić information content (AvgIpc) is 2.34. The fraction of sp³-hybridized carbons (Fsp3) is 0.846. The van der Waals surface area contributed by atoms with Crippen LogP contribution in [0.3, 0.4) is 0 Å². The van der Waals surface area contributed by atoms with Crippen LogP contribution in [0.5, 0.6) is 0 Å². The van der Waals surface area contributed by atoms with E-state index in [0.29, 0.717) is 12.8 Å². The van der Waals surface area contributed by atoms with Crippen LogP contribution >= 0.6 is 0 Å². The van der Waals surface area contributed by atoms with E-state index < -0.39 is 11.9 Å². The maximum absolute atomic E-state index is 11.8. The molecule has 0 aromatic rings. The number of carboxylic acid groups (broad SMARTS) is 1. The highest BCUT2D eigenvalue weighted by atomic mass is 16.4. The Morgan fingerprint density at radius 3 is 2.26 bits per heavy atom. The number of nitrogens with one attached hydrogen (secondary N) is 1. The van der Waals surface area contributed by atoms with Crippen molar-refractivity contribution in [2.24, 2.45) is 11.8 Å². The molecule has 0 saturated carbocycles. The molecular weight excluding hydrogens is 248 g/mol. The summed E-state index contributed by atoms with van der Waals surface area (Å²) >= 11 is 0. The Labute approximate surface area is 114 Å². The van der Waals surface area contributed by atoms with Gasteiger partial charge in [0.05, 0.1) is 18.6 Å². The second kappa shape index (κ2) is 8.74. The molecule has 0 saturated heterocycles. The lowest BCUT2D eigenvalue weighted by molar-refractivity contribution is -0.142. The number of hydrogen-bond acceptors (Lipinski definition) is 3. The van der Waals surface area contributed by atoms with E-state index in [1.807, 2.05) is 20.8 Å². The van der Waals surface area contributed by atoms with Gasteiger partial charge in [-0.2, -0.15) is 0 Å². The van der Waals surface area contributed by atoms with E-state index in [1.165, 1.54) is 4.90 Å². The Balaban J connectivity index is 4.35. The van der Waals surface area contributed by atoms with Crippen molar-refractivity contribution in [2.45, 2.75) is 39.7 Å². The minimum atomic E-state index is -0.897. The summed E-state index contributed by atoms with van der Waals surface area (Å²) in [5.74, 6) is -1.21. The third kappa shape index (κ3) is 6.42. The van der Waals surface area contributed by atoms with Gasteiger partial charge in [-0.05, 0) is 18.8 Å². The number of carbonyl (C=O) groups excluding carboxylic acids is 1. The highest BCUT2D eigenvalue weighted by Gasteiger charge is 2.22. The van der Waals surface area contributed by atoms with E-state index in [2.05, 4.69) is 5.32 Å². The number of carbonyl (C=O) groups is 2. The molecule has 2 atom stereocenters. The predicted octanol–water partition coefficient (Wildman–Crippen LogP) is 1.15. The molecule has 2 amide bonds. The highest BCUT2D eigenvalue weighted by Crippen LogP contribution is 2.11. The minimum Gasteiger partial charge on any atom is -0.481 e. The van der Waals surface area contributed by atoms with Crippen LogP contribution in [0.15, 0.2) is 0 Å². The molecule has 0 aromatic carbocycles. The number of amides is 2. The van der Waals surface area contributed by atoms with Gasteiger partial charge in [0.25, 0.3) is 0 Å². The van der Waals surface area contributed by atoms with Crippen molar-refractivity contribution in [1.29, 1.82) is 0 Å². The lowest BCUT2D eigenvalue weighted by Gasteiger charge is -2.26. The maximum Gasteiger partial charge on any atom is 0.317 e. The number of aliphatic hydroxyl groups is 1. The molecule has 3 N–H and O–H groups in total. The van der Waals surface area contributed by atoms with Crippen molar-refractivity contribution < 1.29 is 19.8 Å². The van der Waals surface area contributed by atoms with E-state index in [4.69, 9.17) is 10.2 Å². The van der Waals surface area contributed by atoms with Crippen molar-refractivity contribution >= 4 is 12.0 Å². The summed E-state index contributed by atoms with van der Waals surface area (Å²) in [6.45, 7) is 5.78. The third-order valence-electron chi connectivity index (χ3n) is 3.15. The molecule has 6 heteroatoms. The second-order valence-electron chi connectivity index (χ2n) is 5.21. The maximum atomic E-state index is 11.8. The summed E-state index contributed by atoms with van der Waals surface area (Å²) in [6, 6.07) is -0.593. The van der Waals surface area contributed by atoms with Gasteiger partial charge >= 0.3 is 12.0 Å². The van der Waals surface area contributed by atoms with Gasteiger partial charge in [-0.15, -0.1) is 0 Å².